The summed E-state index contributed by atoms with van der Waals surface area (Å²) in [7, 11) is 0. The zero-order chi connectivity index (χ0) is 14.4. The molecule has 0 atom stereocenters. The van der Waals surface area contributed by atoms with E-state index >= 15 is 0 Å². The van der Waals surface area contributed by atoms with Crippen molar-refractivity contribution >= 4 is 28.4 Å². The molecule has 2 aliphatic rings. The van der Waals surface area contributed by atoms with Crippen LogP contribution in [0.5, 0.6) is 0 Å². The normalized spacial score (nSPS) is 20.5. The van der Waals surface area contributed by atoms with E-state index in [4.69, 9.17) is 0 Å². The zero-order valence-electron chi connectivity index (χ0n) is 11.6. The second kappa shape index (κ2) is 4.32. The maximum absolute atomic E-state index is 12.8. The van der Waals surface area contributed by atoms with Crippen molar-refractivity contribution in [1.29, 1.82) is 0 Å². The summed E-state index contributed by atoms with van der Waals surface area (Å²) in [5.74, 6) is -0.0474. The van der Waals surface area contributed by atoms with E-state index in [0.29, 0.717) is 12.2 Å². The van der Waals surface area contributed by atoms with E-state index in [2.05, 4.69) is 5.32 Å². The summed E-state index contributed by atoms with van der Waals surface area (Å²) in [6.45, 7) is 0.478. The molecule has 1 heterocycles. The lowest BCUT2D eigenvalue weighted by Gasteiger charge is -2.46. The highest BCUT2D eigenvalue weighted by Crippen LogP contribution is 2.45. The molecule has 3 amide bonds. The molecule has 2 aromatic rings. The van der Waals surface area contributed by atoms with E-state index in [9.17, 15) is 9.59 Å². The lowest BCUT2D eigenvalue weighted by molar-refractivity contribution is -0.132. The number of imide groups is 1. The fourth-order valence-electron chi connectivity index (χ4n) is 3.35. The Morgan fingerprint density at radius 2 is 1.76 bits per heavy atom. The van der Waals surface area contributed by atoms with Gasteiger partial charge in [0.05, 0.1) is 11.1 Å². The molecule has 4 heteroatoms. The molecule has 0 unspecified atom stereocenters. The number of urea groups is 1. The van der Waals surface area contributed by atoms with Gasteiger partial charge in [-0.1, -0.05) is 42.8 Å². The largest absolute Gasteiger partial charge is 0.336 e. The van der Waals surface area contributed by atoms with Crippen LogP contribution in [0.25, 0.3) is 10.8 Å². The van der Waals surface area contributed by atoms with Crippen molar-refractivity contribution in [3.05, 3.63) is 42.5 Å². The van der Waals surface area contributed by atoms with Crippen LogP contribution in [-0.2, 0) is 4.79 Å². The Balaban J connectivity index is 1.86. The Hall–Kier alpha value is -2.36. The Morgan fingerprint density at radius 1 is 1.00 bits per heavy atom. The fraction of sp³-hybridized carbons (Fsp3) is 0.294. The maximum Gasteiger partial charge on any atom is 0.328 e. The monoisotopic (exact) mass is 280 g/mol. The molecule has 106 valence electrons. The van der Waals surface area contributed by atoms with Crippen LogP contribution in [0.15, 0.2) is 42.5 Å². The first kappa shape index (κ1) is 12.4. The van der Waals surface area contributed by atoms with Crippen molar-refractivity contribution < 1.29 is 9.59 Å². The van der Waals surface area contributed by atoms with Gasteiger partial charge in [0.1, 0.15) is 0 Å². The smallest absolute Gasteiger partial charge is 0.328 e. The third-order valence-corrected chi connectivity index (χ3v) is 4.76. The van der Waals surface area contributed by atoms with Crippen molar-refractivity contribution in [3.8, 4) is 0 Å². The average Bonchev–Trinajstić information content (AvgIpc) is 2.46. The molecule has 4 rings (SSSR count). The minimum absolute atomic E-state index is 0.0474. The fourth-order valence-corrected chi connectivity index (χ4v) is 3.35. The molecular formula is C17H16N2O2. The van der Waals surface area contributed by atoms with E-state index in [1.807, 2.05) is 42.5 Å². The van der Waals surface area contributed by atoms with Crippen LogP contribution in [-0.4, -0.2) is 18.5 Å². The Labute approximate surface area is 122 Å². The number of benzene rings is 2. The van der Waals surface area contributed by atoms with Gasteiger partial charge in [0.25, 0.3) is 0 Å². The van der Waals surface area contributed by atoms with Gasteiger partial charge in [-0.25, -0.2) is 9.69 Å². The highest BCUT2D eigenvalue weighted by atomic mass is 16.2. The third-order valence-electron chi connectivity index (χ3n) is 4.76. The number of amides is 3. The maximum atomic E-state index is 12.8. The van der Waals surface area contributed by atoms with Gasteiger partial charge in [-0.05, 0) is 24.3 Å². The minimum Gasteiger partial charge on any atom is -0.336 e. The second-order valence-corrected chi connectivity index (χ2v) is 5.93. The Morgan fingerprint density at radius 3 is 2.52 bits per heavy atom. The number of fused-ring (bicyclic) bond motifs is 1. The molecule has 1 N–H and O–H groups in total. The Kier molecular flexibility index (Phi) is 2.55. The molecular weight excluding hydrogens is 264 g/mol. The minimum atomic E-state index is -0.370. The first-order valence-electron chi connectivity index (χ1n) is 7.31. The molecule has 1 saturated heterocycles. The van der Waals surface area contributed by atoms with Gasteiger partial charge in [0, 0.05) is 11.9 Å². The molecule has 2 fully saturated rings. The first-order chi connectivity index (χ1) is 10.2. The molecule has 1 aliphatic heterocycles. The summed E-state index contributed by atoms with van der Waals surface area (Å²) in [6, 6.07) is 13.2. The van der Waals surface area contributed by atoms with Crippen LogP contribution in [0.3, 0.4) is 0 Å². The molecule has 0 radical (unpaired) electrons. The van der Waals surface area contributed by atoms with Gasteiger partial charge in [-0.2, -0.15) is 0 Å². The van der Waals surface area contributed by atoms with Crippen molar-refractivity contribution in [2.75, 3.05) is 11.4 Å². The molecule has 21 heavy (non-hydrogen) atoms. The van der Waals surface area contributed by atoms with E-state index in [1.165, 1.54) is 4.90 Å². The highest BCUT2D eigenvalue weighted by molar-refractivity contribution is 6.21. The number of anilines is 1. The standard InChI is InChI=1S/C17H16N2O2/c20-15-17(9-4-10-17)11-18-16(21)19(15)14-8-3-6-12-5-1-2-7-13(12)14/h1-3,5-8H,4,9-11H2,(H,18,21). The zero-order valence-corrected chi connectivity index (χ0v) is 11.6. The molecule has 2 aromatic carbocycles. The first-order valence-corrected chi connectivity index (χ1v) is 7.31. The molecule has 0 aromatic heterocycles. The van der Waals surface area contributed by atoms with Gasteiger partial charge in [-0.15, -0.1) is 0 Å². The summed E-state index contributed by atoms with van der Waals surface area (Å²) in [4.78, 5) is 26.5. The van der Waals surface area contributed by atoms with Crippen molar-refractivity contribution in [1.82, 2.24) is 5.32 Å². The predicted octanol–water partition coefficient (Wildman–Crippen LogP) is 3.07. The van der Waals surface area contributed by atoms with E-state index < -0.39 is 0 Å². The summed E-state index contributed by atoms with van der Waals surface area (Å²) in [6.07, 6.45) is 2.80. The summed E-state index contributed by atoms with van der Waals surface area (Å²) >= 11 is 0. The third kappa shape index (κ3) is 1.68. The second-order valence-electron chi connectivity index (χ2n) is 5.93. The number of nitrogens with one attached hydrogen (secondary N) is 1. The van der Waals surface area contributed by atoms with Crippen molar-refractivity contribution in [3.63, 3.8) is 0 Å². The molecule has 0 bridgehead atoms. The number of hydrogen-bond acceptors (Lipinski definition) is 2. The van der Waals surface area contributed by atoms with Crippen molar-refractivity contribution in [2.45, 2.75) is 19.3 Å². The molecule has 1 saturated carbocycles. The lowest BCUT2D eigenvalue weighted by Crippen LogP contribution is -2.63. The Bertz CT molecular complexity index is 744. The number of rotatable bonds is 1. The van der Waals surface area contributed by atoms with Gasteiger partial charge in [0.2, 0.25) is 5.91 Å². The van der Waals surface area contributed by atoms with Crippen LogP contribution in [0, 0.1) is 5.41 Å². The van der Waals surface area contributed by atoms with Crippen LogP contribution in [0.4, 0.5) is 10.5 Å². The van der Waals surface area contributed by atoms with Crippen LogP contribution in [0.1, 0.15) is 19.3 Å². The summed E-state index contributed by atoms with van der Waals surface area (Å²) in [5, 5.41) is 4.85. The lowest BCUT2D eigenvalue weighted by atomic mass is 9.67. The van der Waals surface area contributed by atoms with Gasteiger partial charge in [0.15, 0.2) is 0 Å². The van der Waals surface area contributed by atoms with E-state index in [-0.39, 0.29) is 17.4 Å². The predicted molar refractivity (Wildman–Crippen MR) is 81.1 cm³/mol. The van der Waals surface area contributed by atoms with Crippen LogP contribution < -0.4 is 10.2 Å². The summed E-state index contributed by atoms with van der Waals surface area (Å²) in [5.41, 5.74) is 0.312. The van der Waals surface area contributed by atoms with E-state index in [0.717, 1.165) is 30.0 Å². The molecule has 1 aliphatic carbocycles. The molecule has 4 nitrogen and oxygen atoms in total. The van der Waals surface area contributed by atoms with Gasteiger partial charge in [-0.3, -0.25) is 4.79 Å². The summed E-state index contributed by atoms with van der Waals surface area (Å²) < 4.78 is 0. The molecule has 1 spiro atoms. The number of carbonyl (C=O) groups excluding carboxylic acids is 2. The van der Waals surface area contributed by atoms with Crippen LogP contribution in [0.2, 0.25) is 0 Å². The average molecular weight is 280 g/mol. The number of carbonyl (C=O) groups is 2. The highest BCUT2D eigenvalue weighted by Gasteiger charge is 2.51. The van der Waals surface area contributed by atoms with Crippen LogP contribution >= 0.6 is 0 Å². The number of hydrogen-bond donors (Lipinski definition) is 1. The van der Waals surface area contributed by atoms with Gasteiger partial charge >= 0.3 is 6.03 Å². The topological polar surface area (TPSA) is 49.4 Å². The number of nitrogens with zero attached hydrogens (tertiary/aromatic N) is 1. The van der Waals surface area contributed by atoms with E-state index in [1.54, 1.807) is 0 Å². The quantitative estimate of drug-likeness (QED) is 0.872. The van der Waals surface area contributed by atoms with Gasteiger partial charge < -0.3 is 5.32 Å². The van der Waals surface area contributed by atoms with Crippen molar-refractivity contribution in [2.24, 2.45) is 5.41 Å². The SMILES string of the molecule is O=C1NCC2(CCC2)C(=O)N1c1cccc2ccccc12.